The monoisotopic (exact) mass is 324 g/mol. The number of sulfone groups is 1. The molecule has 0 spiro atoms. The van der Waals surface area contributed by atoms with Crippen LogP contribution in [-0.2, 0) is 15.7 Å². The molecule has 4 nitrogen and oxygen atoms in total. The van der Waals surface area contributed by atoms with Gasteiger partial charge in [0, 0.05) is 24.0 Å². The van der Waals surface area contributed by atoms with Crippen LogP contribution in [0.25, 0.3) is 10.9 Å². The highest BCUT2D eigenvalue weighted by Gasteiger charge is 2.32. The summed E-state index contributed by atoms with van der Waals surface area (Å²) in [6.07, 6.45) is 0.648. The molecule has 1 fully saturated rings. The summed E-state index contributed by atoms with van der Waals surface area (Å²) in [7, 11) is -1.01. The average molecular weight is 325 g/mol. The molecule has 0 N–H and O–H groups in total. The Morgan fingerprint density at radius 3 is 2.81 bits per heavy atom. The zero-order valence-electron chi connectivity index (χ0n) is 11.8. The first-order valence-corrected chi connectivity index (χ1v) is 9.23. The van der Waals surface area contributed by atoms with Gasteiger partial charge in [0.1, 0.15) is 5.82 Å². The second-order valence-electron chi connectivity index (χ2n) is 5.47. The van der Waals surface area contributed by atoms with Crippen LogP contribution < -0.4 is 4.90 Å². The third-order valence-electron chi connectivity index (χ3n) is 4.01. The summed E-state index contributed by atoms with van der Waals surface area (Å²) >= 11 is 6.05. The van der Waals surface area contributed by atoms with Gasteiger partial charge in [-0.1, -0.05) is 18.2 Å². The summed E-state index contributed by atoms with van der Waals surface area (Å²) < 4.78 is 23.3. The summed E-state index contributed by atoms with van der Waals surface area (Å²) in [5, 5.41) is 1.05. The van der Waals surface area contributed by atoms with Crippen LogP contribution in [0.5, 0.6) is 0 Å². The van der Waals surface area contributed by atoms with Gasteiger partial charge < -0.3 is 4.90 Å². The van der Waals surface area contributed by atoms with E-state index in [-0.39, 0.29) is 17.5 Å². The lowest BCUT2D eigenvalue weighted by Crippen LogP contribution is -2.33. The minimum Gasteiger partial charge on any atom is -0.355 e. The molecule has 0 amide bonds. The number of fused-ring (bicyclic) bond motifs is 1. The van der Waals surface area contributed by atoms with E-state index in [1.165, 1.54) is 0 Å². The quantitative estimate of drug-likeness (QED) is 0.814. The van der Waals surface area contributed by atoms with Crippen LogP contribution in [0.4, 0.5) is 5.82 Å². The largest absolute Gasteiger partial charge is 0.355 e. The van der Waals surface area contributed by atoms with E-state index in [9.17, 15) is 8.42 Å². The molecule has 0 saturated carbocycles. The van der Waals surface area contributed by atoms with Gasteiger partial charge in [0.05, 0.1) is 22.9 Å². The van der Waals surface area contributed by atoms with Gasteiger partial charge in [0.2, 0.25) is 0 Å². The Morgan fingerprint density at radius 1 is 1.38 bits per heavy atom. The first-order valence-electron chi connectivity index (χ1n) is 6.88. The molecule has 1 saturated heterocycles. The van der Waals surface area contributed by atoms with E-state index in [2.05, 4.69) is 4.98 Å². The highest BCUT2D eigenvalue weighted by molar-refractivity contribution is 7.91. The molecule has 1 aliphatic heterocycles. The van der Waals surface area contributed by atoms with Gasteiger partial charge in [0.25, 0.3) is 0 Å². The molecule has 3 rings (SSSR count). The third kappa shape index (κ3) is 2.85. The highest BCUT2D eigenvalue weighted by atomic mass is 35.5. The van der Waals surface area contributed by atoms with E-state index in [1.54, 1.807) is 0 Å². The SMILES string of the molecule is CN(c1nc2ccccc2cc1CCl)C1CCS(=O)(=O)C1. The topological polar surface area (TPSA) is 50.3 Å². The predicted molar refractivity (Wildman–Crippen MR) is 86.8 cm³/mol. The number of rotatable bonds is 3. The molecule has 1 aromatic heterocycles. The second-order valence-corrected chi connectivity index (χ2v) is 7.96. The molecule has 1 aliphatic rings. The van der Waals surface area contributed by atoms with Crippen LogP contribution in [0.1, 0.15) is 12.0 Å². The van der Waals surface area contributed by atoms with Crippen LogP contribution in [-0.4, -0.2) is 38.0 Å². The average Bonchev–Trinajstić information content (AvgIpc) is 2.85. The number of benzene rings is 1. The lowest BCUT2D eigenvalue weighted by Gasteiger charge is -2.26. The van der Waals surface area contributed by atoms with Gasteiger partial charge in [0.15, 0.2) is 9.84 Å². The first kappa shape index (κ1) is 14.6. The predicted octanol–water partition coefficient (Wildman–Crippen LogP) is 2.60. The molecule has 21 heavy (non-hydrogen) atoms. The third-order valence-corrected chi connectivity index (χ3v) is 6.05. The maximum atomic E-state index is 11.7. The normalized spacial score (nSPS) is 20.8. The molecule has 0 aliphatic carbocycles. The van der Waals surface area contributed by atoms with Crippen LogP contribution in [0.2, 0.25) is 0 Å². The van der Waals surface area contributed by atoms with Gasteiger partial charge in [-0.05, 0) is 18.6 Å². The summed E-state index contributed by atoms with van der Waals surface area (Å²) in [4.78, 5) is 6.65. The van der Waals surface area contributed by atoms with Crippen molar-refractivity contribution >= 4 is 38.2 Å². The Bertz CT molecular complexity index is 776. The Hall–Kier alpha value is -1.33. The number of hydrogen-bond donors (Lipinski definition) is 0. The number of pyridine rings is 1. The minimum atomic E-state index is -2.91. The summed E-state index contributed by atoms with van der Waals surface area (Å²) in [6.45, 7) is 0. The van der Waals surface area contributed by atoms with E-state index in [0.29, 0.717) is 12.3 Å². The lowest BCUT2D eigenvalue weighted by atomic mass is 10.1. The van der Waals surface area contributed by atoms with Gasteiger partial charge >= 0.3 is 0 Å². The second kappa shape index (κ2) is 5.46. The summed E-state index contributed by atoms with van der Waals surface area (Å²) in [5.41, 5.74) is 1.83. The van der Waals surface area contributed by atoms with Crippen molar-refractivity contribution in [1.82, 2.24) is 4.98 Å². The minimum absolute atomic E-state index is 0.0226. The molecular weight excluding hydrogens is 308 g/mol. The van der Waals surface area contributed by atoms with Crippen LogP contribution >= 0.6 is 11.6 Å². The Morgan fingerprint density at radius 2 is 2.14 bits per heavy atom. The number of anilines is 1. The summed E-state index contributed by atoms with van der Waals surface area (Å²) in [6, 6.07) is 9.88. The van der Waals surface area contributed by atoms with Gasteiger partial charge in [-0.25, -0.2) is 13.4 Å². The van der Waals surface area contributed by atoms with E-state index >= 15 is 0 Å². The summed E-state index contributed by atoms with van der Waals surface area (Å²) in [5.74, 6) is 1.59. The maximum absolute atomic E-state index is 11.7. The molecule has 112 valence electrons. The van der Waals surface area contributed by atoms with Crippen LogP contribution in [0, 0.1) is 0 Å². The van der Waals surface area contributed by atoms with Gasteiger partial charge in [-0.2, -0.15) is 0 Å². The first-order chi connectivity index (χ1) is 10.00. The smallest absolute Gasteiger partial charge is 0.152 e. The van der Waals surface area contributed by atoms with E-state index in [0.717, 1.165) is 22.3 Å². The van der Waals surface area contributed by atoms with Crippen LogP contribution in [0.3, 0.4) is 0 Å². The van der Waals surface area contributed by atoms with Crippen molar-refractivity contribution in [2.75, 3.05) is 23.5 Å². The Kier molecular flexibility index (Phi) is 3.80. The fraction of sp³-hybridized carbons (Fsp3) is 0.400. The molecule has 0 radical (unpaired) electrons. The molecule has 2 heterocycles. The van der Waals surface area contributed by atoms with Crippen molar-refractivity contribution in [3.8, 4) is 0 Å². The van der Waals surface area contributed by atoms with Crippen molar-refractivity contribution in [3.05, 3.63) is 35.9 Å². The Balaban J connectivity index is 2.02. The number of nitrogens with zero attached hydrogens (tertiary/aromatic N) is 2. The molecule has 0 bridgehead atoms. The van der Waals surface area contributed by atoms with E-state index in [1.807, 2.05) is 42.3 Å². The zero-order chi connectivity index (χ0) is 15.0. The van der Waals surface area contributed by atoms with Crippen molar-refractivity contribution in [1.29, 1.82) is 0 Å². The van der Waals surface area contributed by atoms with Gasteiger partial charge in [-0.3, -0.25) is 0 Å². The molecule has 1 aromatic carbocycles. The van der Waals surface area contributed by atoms with Crippen molar-refractivity contribution in [2.45, 2.75) is 18.3 Å². The van der Waals surface area contributed by atoms with Crippen molar-refractivity contribution in [2.24, 2.45) is 0 Å². The molecule has 2 aromatic rings. The van der Waals surface area contributed by atoms with E-state index in [4.69, 9.17) is 11.6 Å². The highest BCUT2D eigenvalue weighted by Crippen LogP contribution is 2.28. The molecule has 1 atom stereocenters. The zero-order valence-corrected chi connectivity index (χ0v) is 13.4. The standard InChI is InChI=1S/C15H17ClN2O2S/c1-18(13-6-7-21(19,20)10-13)15-12(9-16)8-11-4-2-3-5-14(11)17-15/h2-5,8,13H,6-7,9-10H2,1H3. The van der Waals surface area contributed by atoms with Crippen LogP contribution in [0.15, 0.2) is 30.3 Å². The molecular formula is C15H17ClN2O2S. The number of alkyl halides is 1. The fourth-order valence-corrected chi connectivity index (χ4v) is 4.78. The lowest BCUT2D eigenvalue weighted by molar-refractivity contribution is 0.600. The maximum Gasteiger partial charge on any atom is 0.152 e. The number of hydrogen-bond acceptors (Lipinski definition) is 4. The van der Waals surface area contributed by atoms with E-state index < -0.39 is 9.84 Å². The van der Waals surface area contributed by atoms with Crippen molar-refractivity contribution in [3.63, 3.8) is 0 Å². The number of para-hydroxylation sites is 1. The fourth-order valence-electron chi connectivity index (χ4n) is 2.81. The molecule has 6 heteroatoms. The number of aromatic nitrogens is 1. The number of halogens is 1. The van der Waals surface area contributed by atoms with Gasteiger partial charge in [-0.15, -0.1) is 11.6 Å². The van der Waals surface area contributed by atoms with Crippen molar-refractivity contribution < 1.29 is 8.42 Å². The Labute approximate surface area is 129 Å². The molecule has 1 unspecified atom stereocenters.